The first-order valence-corrected chi connectivity index (χ1v) is 6.81. The highest BCUT2D eigenvalue weighted by Gasteiger charge is 2.24. The van der Waals surface area contributed by atoms with Crippen LogP contribution in [0.15, 0.2) is 17.2 Å². The van der Waals surface area contributed by atoms with Crippen molar-refractivity contribution in [1.29, 1.82) is 0 Å². The Hall–Kier alpha value is -0.810. The molecule has 1 aliphatic carbocycles. The Bertz CT molecular complexity index is 331. The zero-order valence-corrected chi connectivity index (χ0v) is 10.2. The van der Waals surface area contributed by atoms with Gasteiger partial charge < -0.3 is 10.4 Å². The van der Waals surface area contributed by atoms with E-state index in [9.17, 15) is 5.11 Å². The average molecular weight is 239 g/mol. The number of hydrogen-bond donors (Lipinski definition) is 2. The molecule has 1 heterocycles. The van der Waals surface area contributed by atoms with Gasteiger partial charge in [-0.25, -0.2) is 0 Å². The fraction of sp³-hybridized carbons (Fsp3) is 0.636. The minimum atomic E-state index is -0.147. The lowest BCUT2D eigenvalue weighted by Gasteiger charge is -2.15. The first-order valence-electron chi connectivity index (χ1n) is 5.59. The van der Waals surface area contributed by atoms with Crippen molar-refractivity contribution in [3.05, 3.63) is 12.1 Å². The largest absolute Gasteiger partial charge is 0.393 e. The van der Waals surface area contributed by atoms with Crippen molar-refractivity contribution in [2.75, 3.05) is 18.1 Å². The second-order valence-electron chi connectivity index (χ2n) is 4.10. The lowest BCUT2D eigenvalue weighted by molar-refractivity contribution is 0.138. The van der Waals surface area contributed by atoms with Gasteiger partial charge in [0.05, 0.1) is 6.10 Å². The number of anilines is 1. The highest BCUT2D eigenvalue weighted by molar-refractivity contribution is 7.98. The maximum absolute atomic E-state index is 9.67. The number of hydrogen-bond acceptors (Lipinski definition) is 5. The summed E-state index contributed by atoms with van der Waals surface area (Å²) in [6.07, 6.45) is 5.00. The molecule has 16 heavy (non-hydrogen) atoms. The van der Waals surface area contributed by atoms with Crippen LogP contribution >= 0.6 is 11.8 Å². The van der Waals surface area contributed by atoms with Crippen LogP contribution in [0.2, 0.25) is 0 Å². The average Bonchev–Trinajstić information content (AvgIpc) is 2.73. The number of aliphatic hydroxyl groups excluding tert-OH is 1. The normalized spacial score (nSPS) is 24.6. The number of thioether (sulfide) groups is 1. The predicted molar refractivity (Wildman–Crippen MR) is 65.7 cm³/mol. The monoisotopic (exact) mass is 239 g/mol. The molecule has 5 heteroatoms. The quantitative estimate of drug-likeness (QED) is 0.784. The summed E-state index contributed by atoms with van der Waals surface area (Å²) in [6, 6.07) is 3.88. The molecular weight excluding hydrogens is 222 g/mol. The zero-order valence-electron chi connectivity index (χ0n) is 9.39. The summed E-state index contributed by atoms with van der Waals surface area (Å²) in [5.74, 6) is 1.15. The van der Waals surface area contributed by atoms with E-state index in [1.54, 1.807) is 11.8 Å². The van der Waals surface area contributed by atoms with E-state index in [2.05, 4.69) is 15.5 Å². The Morgan fingerprint density at radius 3 is 2.88 bits per heavy atom. The molecule has 1 aromatic rings. The van der Waals surface area contributed by atoms with Gasteiger partial charge in [-0.2, -0.15) is 0 Å². The summed E-state index contributed by atoms with van der Waals surface area (Å²) in [5.41, 5.74) is 0. The molecule has 0 amide bonds. The first-order chi connectivity index (χ1) is 7.79. The summed E-state index contributed by atoms with van der Waals surface area (Å²) in [7, 11) is 0. The number of rotatable bonds is 4. The summed E-state index contributed by atoms with van der Waals surface area (Å²) < 4.78 is 0. The van der Waals surface area contributed by atoms with E-state index in [0.29, 0.717) is 5.92 Å². The van der Waals surface area contributed by atoms with Crippen molar-refractivity contribution in [2.45, 2.75) is 30.4 Å². The molecule has 2 rings (SSSR count). The van der Waals surface area contributed by atoms with Crippen LogP contribution in [-0.2, 0) is 0 Å². The van der Waals surface area contributed by atoms with Gasteiger partial charge in [0.1, 0.15) is 10.8 Å². The SMILES string of the molecule is CSc1ccc(NCC2CCCC2O)nn1. The van der Waals surface area contributed by atoms with Gasteiger partial charge in [0, 0.05) is 12.5 Å². The van der Waals surface area contributed by atoms with E-state index in [4.69, 9.17) is 0 Å². The summed E-state index contributed by atoms with van der Waals surface area (Å²) in [4.78, 5) is 0. The van der Waals surface area contributed by atoms with Crippen LogP contribution in [0, 0.1) is 5.92 Å². The van der Waals surface area contributed by atoms with Crippen molar-refractivity contribution in [2.24, 2.45) is 5.92 Å². The highest BCUT2D eigenvalue weighted by atomic mass is 32.2. The van der Waals surface area contributed by atoms with E-state index < -0.39 is 0 Å². The number of aliphatic hydroxyl groups is 1. The van der Waals surface area contributed by atoms with Crippen molar-refractivity contribution < 1.29 is 5.11 Å². The number of nitrogens with one attached hydrogen (secondary N) is 1. The van der Waals surface area contributed by atoms with Gasteiger partial charge in [-0.3, -0.25) is 0 Å². The molecule has 0 spiro atoms. The minimum absolute atomic E-state index is 0.147. The standard InChI is InChI=1S/C11H17N3OS/c1-16-11-6-5-10(13-14-11)12-7-8-3-2-4-9(8)15/h5-6,8-9,15H,2-4,7H2,1H3,(H,12,13). The van der Waals surface area contributed by atoms with Crippen LogP contribution in [0.4, 0.5) is 5.82 Å². The molecule has 0 saturated heterocycles. The van der Waals surface area contributed by atoms with Crippen LogP contribution < -0.4 is 5.32 Å². The molecule has 0 aliphatic heterocycles. The molecule has 1 saturated carbocycles. The van der Waals surface area contributed by atoms with E-state index in [1.165, 1.54) is 0 Å². The second kappa shape index (κ2) is 5.50. The van der Waals surface area contributed by atoms with Crippen molar-refractivity contribution in [1.82, 2.24) is 10.2 Å². The Labute approximate surface area is 99.9 Å². The third-order valence-corrected chi connectivity index (χ3v) is 3.65. The van der Waals surface area contributed by atoms with Gasteiger partial charge >= 0.3 is 0 Å². The molecule has 4 nitrogen and oxygen atoms in total. The maximum atomic E-state index is 9.67. The fourth-order valence-electron chi connectivity index (χ4n) is 2.01. The molecule has 2 unspecified atom stereocenters. The molecule has 2 N–H and O–H groups in total. The smallest absolute Gasteiger partial charge is 0.148 e. The van der Waals surface area contributed by atoms with Gasteiger partial charge in [-0.1, -0.05) is 6.42 Å². The van der Waals surface area contributed by atoms with Gasteiger partial charge in [0.15, 0.2) is 0 Å². The number of aromatic nitrogens is 2. The lowest BCUT2D eigenvalue weighted by atomic mass is 10.1. The van der Waals surface area contributed by atoms with Crippen molar-refractivity contribution in [3.8, 4) is 0 Å². The maximum Gasteiger partial charge on any atom is 0.148 e. The molecule has 1 fully saturated rings. The third kappa shape index (κ3) is 2.86. The zero-order chi connectivity index (χ0) is 11.4. The first kappa shape index (κ1) is 11.7. The van der Waals surface area contributed by atoms with Crippen LogP contribution in [0.1, 0.15) is 19.3 Å². The van der Waals surface area contributed by atoms with Crippen molar-refractivity contribution in [3.63, 3.8) is 0 Å². The highest BCUT2D eigenvalue weighted by Crippen LogP contribution is 2.25. The molecule has 0 bridgehead atoms. The van der Waals surface area contributed by atoms with Gasteiger partial charge in [0.2, 0.25) is 0 Å². The topological polar surface area (TPSA) is 58.0 Å². The Morgan fingerprint density at radius 2 is 2.31 bits per heavy atom. The molecule has 0 aromatic carbocycles. The van der Waals surface area contributed by atoms with Crippen LogP contribution in [0.5, 0.6) is 0 Å². The third-order valence-electron chi connectivity index (χ3n) is 3.01. The fourth-order valence-corrected chi connectivity index (χ4v) is 2.34. The van der Waals surface area contributed by atoms with Crippen LogP contribution in [0.3, 0.4) is 0 Å². The molecular formula is C11H17N3OS. The van der Waals surface area contributed by atoms with Crippen LogP contribution in [-0.4, -0.2) is 34.2 Å². The van der Waals surface area contributed by atoms with Gasteiger partial charge in [-0.15, -0.1) is 22.0 Å². The molecule has 0 radical (unpaired) electrons. The minimum Gasteiger partial charge on any atom is -0.393 e. The molecule has 1 aliphatic rings. The van der Waals surface area contributed by atoms with Gasteiger partial charge in [-0.05, 0) is 31.2 Å². The van der Waals surface area contributed by atoms with Gasteiger partial charge in [0.25, 0.3) is 0 Å². The predicted octanol–water partition coefficient (Wildman–Crippen LogP) is 1.77. The summed E-state index contributed by atoms with van der Waals surface area (Å²) >= 11 is 1.58. The number of nitrogens with zero attached hydrogens (tertiary/aromatic N) is 2. The van der Waals surface area contributed by atoms with E-state index in [0.717, 1.165) is 36.7 Å². The van der Waals surface area contributed by atoms with E-state index in [1.807, 2.05) is 18.4 Å². The Balaban J connectivity index is 1.84. The summed E-state index contributed by atoms with van der Waals surface area (Å²) in [5, 5.41) is 21.9. The Kier molecular flexibility index (Phi) is 4.01. The van der Waals surface area contributed by atoms with Crippen molar-refractivity contribution >= 4 is 17.6 Å². The molecule has 1 aromatic heterocycles. The lowest BCUT2D eigenvalue weighted by Crippen LogP contribution is -2.22. The Morgan fingerprint density at radius 1 is 1.44 bits per heavy atom. The summed E-state index contributed by atoms with van der Waals surface area (Å²) in [6.45, 7) is 0.786. The molecule has 88 valence electrons. The second-order valence-corrected chi connectivity index (χ2v) is 4.93. The van der Waals surface area contributed by atoms with E-state index in [-0.39, 0.29) is 6.10 Å². The molecule has 2 atom stereocenters. The van der Waals surface area contributed by atoms with E-state index >= 15 is 0 Å². The van der Waals surface area contributed by atoms with Crippen LogP contribution in [0.25, 0.3) is 0 Å².